The van der Waals surface area contributed by atoms with Crippen LogP contribution in [0, 0.1) is 22.7 Å². The van der Waals surface area contributed by atoms with Gasteiger partial charge in [-0.15, -0.1) is 0 Å². The average molecular weight is 392 g/mol. The number of fused-ring (bicyclic) bond motifs is 1. The molecule has 0 aromatic carbocycles. The Morgan fingerprint density at radius 1 is 1.26 bits per heavy atom. The van der Waals surface area contributed by atoms with Gasteiger partial charge in [0, 0.05) is 6.54 Å². The molecule has 1 aliphatic carbocycles. The summed E-state index contributed by atoms with van der Waals surface area (Å²) in [5.74, 6) is -0.217. The Morgan fingerprint density at radius 3 is 2.26 bits per heavy atom. The van der Waals surface area contributed by atoms with E-state index in [0.29, 0.717) is 13.5 Å². The third-order valence-electron chi connectivity index (χ3n) is 5.80. The minimum absolute atomic E-state index is 0.0198. The molecule has 27 heavy (non-hydrogen) atoms. The summed E-state index contributed by atoms with van der Waals surface area (Å²) in [7, 11) is 0. The number of hydrogen-bond acceptors (Lipinski definition) is 4. The lowest BCUT2D eigenvalue weighted by atomic mass is 9.85. The van der Waals surface area contributed by atoms with Crippen LogP contribution in [0.25, 0.3) is 0 Å². The van der Waals surface area contributed by atoms with Crippen LogP contribution in [0.5, 0.6) is 0 Å². The predicted octanol–water partition coefficient (Wildman–Crippen LogP) is 2.76. The van der Waals surface area contributed by atoms with Crippen LogP contribution in [0.1, 0.15) is 41.5 Å². The number of alkyl carbamates (subject to hydrolysis) is 1. The molecule has 2 rings (SSSR count). The summed E-state index contributed by atoms with van der Waals surface area (Å²) in [5.41, 5.74) is -0.804. The number of nitrogens with zero attached hydrogens (tertiary/aromatic N) is 1. The van der Waals surface area contributed by atoms with Crippen molar-refractivity contribution < 1.29 is 32.3 Å². The highest BCUT2D eigenvalue weighted by atomic mass is 19.4. The van der Waals surface area contributed by atoms with E-state index in [9.17, 15) is 27.6 Å². The van der Waals surface area contributed by atoms with Crippen molar-refractivity contribution in [3.63, 3.8) is 0 Å². The summed E-state index contributed by atoms with van der Waals surface area (Å²) in [4.78, 5) is 38.0. The molecule has 1 saturated carbocycles. The normalized spacial score (nSPS) is 28.8. The van der Waals surface area contributed by atoms with E-state index in [4.69, 9.17) is 0 Å². The zero-order valence-corrected chi connectivity index (χ0v) is 16.4. The average Bonchev–Trinajstić information content (AvgIpc) is 2.88. The molecule has 2 amide bonds. The Bertz CT molecular complexity index is 627. The smallest absolute Gasteiger partial charge is 0.425 e. The third-order valence-corrected chi connectivity index (χ3v) is 5.80. The van der Waals surface area contributed by atoms with E-state index in [1.54, 1.807) is 20.8 Å². The number of hydrogen-bond donors (Lipinski definition) is 1. The van der Waals surface area contributed by atoms with Gasteiger partial charge in [0.05, 0.1) is 6.04 Å². The molecular weight excluding hydrogens is 365 g/mol. The van der Waals surface area contributed by atoms with Crippen molar-refractivity contribution in [3.8, 4) is 0 Å². The number of carbonyl (C=O) groups excluding carboxylic acids is 3. The fourth-order valence-corrected chi connectivity index (χ4v) is 3.93. The maximum absolute atomic E-state index is 13.0. The number of carbonyl (C=O) groups is 3. The Hall–Kier alpha value is -1.80. The number of aldehydes is 1. The van der Waals surface area contributed by atoms with Crippen LogP contribution >= 0.6 is 0 Å². The van der Waals surface area contributed by atoms with Crippen LogP contribution in [0.3, 0.4) is 0 Å². The molecule has 1 N–H and O–H groups in total. The zero-order chi connectivity index (χ0) is 20.9. The van der Waals surface area contributed by atoms with Gasteiger partial charge in [-0.05, 0) is 29.6 Å². The first-order valence-electron chi connectivity index (χ1n) is 8.92. The minimum Gasteiger partial charge on any atom is -0.437 e. The molecule has 1 heterocycles. The maximum atomic E-state index is 13.0. The van der Waals surface area contributed by atoms with Gasteiger partial charge in [0.2, 0.25) is 5.91 Å². The predicted molar refractivity (Wildman–Crippen MR) is 90.7 cm³/mol. The molecule has 5 unspecified atom stereocenters. The third kappa shape index (κ3) is 4.06. The lowest BCUT2D eigenvalue weighted by molar-refractivity contribution is -0.197. The second-order valence-corrected chi connectivity index (χ2v) is 9.10. The maximum Gasteiger partial charge on any atom is 0.425 e. The van der Waals surface area contributed by atoms with Gasteiger partial charge < -0.3 is 19.7 Å². The molecule has 0 radical (unpaired) electrons. The number of nitrogens with one attached hydrogen (secondary N) is 1. The van der Waals surface area contributed by atoms with E-state index in [1.807, 2.05) is 13.8 Å². The van der Waals surface area contributed by atoms with Crippen LogP contribution in [0.4, 0.5) is 18.0 Å². The molecule has 0 bridgehead atoms. The molecule has 0 spiro atoms. The Kier molecular flexibility index (Phi) is 5.31. The highest BCUT2D eigenvalue weighted by Crippen LogP contribution is 2.64. The number of likely N-dealkylation sites (tertiary alicyclic amines) is 1. The van der Waals surface area contributed by atoms with E-state index >= 15 is 0 Å². The standard InChI is InChI=1S/C18H27F3N2O4/c1-9(18(19,20)21)27-15(26)22-13(16(2,3)4)14(25)23-7-10-12(11(23)8-24)17(10,5)6/h8-13H,7H2,1-6H3,(H,22,26). The van der Waals surface area contributed by atoms with Crippen LogP contribution in [-0.2, 0) is 14.3 Å². The molecule has 1 saturated heterocycles. The molecular formula is C18H27F3N2O4. The number of amides is 2. The van der Waals surface area contributed by atoms with Crippen molar-refractivity contribution in [1.82, 2.24) is 10.2 Å². The SMILES string of the molecule is CC(OC(=O)NC(C(=O)N1CC2C(C1C=O)C2(C)C)C(C)(C)C)C(F)(F)F. The Morgan fingerprint density at radius 2 is 1.81 bits per heavy atom. The number of piperidine rings is 1. The lowest BCUT2D eigenvalue weighted by Gasteiger charge is -2.36. The molecule has 0 aromatic rings. The molecule has 1 aliphatic heterocycles. The monoisotopic (exact) mass is 392 g/mol. The van der Waals surface area contributed by atoms with E-state index in [-0.39, 0.29) is 17.3 Å². The molecule has 6 nitrogen and oxygen atoms in total. The topological polar surface area (TPSA) is 75.7 Å². The highest BCUT2D eigenvalue weighted by Gasteiger charge is 2.68. The second kappa shape index (κ2) is 6.67. The van der Waals surface area contributed by atoms with Gasteiger partial charge in [-0.3, -0.25) is 4.79 Å². The van der Waals surface area contributed by atoms with Crippen molar-refractivity contribution in [2.24, 2.45) is 22.7 Å². The minimum atomic E-state index is -4.69. The van der Waals surface area contributed by atoms with E-state index < -0.39 is 41.8 Å². The molecule has 154 valence electrons. The zero-order valence-electron chi connectivity index (χ0n) is 16.4. The highest BCUT2D eigenvalue weighted by molar-refractivity contribution is 5.89. The van der Waals surface area contributed by atoms with Crippen molar-refractivity contribution in [3.05, 3.63) is 0 Å². The van der Waals surface area contributed by atoms with E-state index in [0.717, 1.165) is 6.29 Å². The van der Waals surface area contributed by atoms with Gasteiger partial charge in [-0.1, -0.05) is 34.6 Å². The number of alkyl halides is 3. The van der Waals surface area contributed by atoms with E-state index in [1.165, 1.54) is 4.90 Å². The second-order valence-electron chi connectivity index (χ2n) is 9.10. The number of ether oxygens (including phenoxy) is 1. The Labute approximate surface area is 156 Å². The first kappa shape index (κ1) is 21.5. The molecule has 9 heteroatoms. The first-order valence-corrected chi connectivity index (χ1v) is 8.92. The fraction of sp³-hybridized carbons (Fsp3) is 0.833. The first-order chi connectivity index (χ1) is 12.1. The van der Waals surface area contributed by atoms with E-state index in [2.05, 4.69) is 10.1 Å². The largest absolute Gasteiger partial charge is 0.437 e. The fourth-order valence-electron chi connectivity index (χ4n) is 3.93. The molecule has 5 atom stereocenters. The summed E-state index contributed by atoms with van der Waals surface area (Å²) in [6.45, 7) is 10.2. The molecule has 0 aromatic heterocycles. The number of rotatable bonds is 4. The van der Waals surface area contributed by atoms with Gasteiger partial charge in [-0.25, -0.2) is 4.79 Å². The van der Waals surface area contributed by atoms with Crippen LogP contribution in [0.2, 0.25) is 0 Å². The van der Waals surface area contributed by atoms with Crippen molar-refractivity contribution in [2.45, 2.75) is 65.9 Å². The van der Waals surface area contributed by atoms with Gasteiger partial charge >= 0.3 is 12.3 Å². The van der Waals surface area contributed by atoms with Crippen molar-refractivity contribution in [1.29, 1.82) is 0 Å². The summed E-state index contributed by atoms with van der Waals surface area (Å²) >= 11 is 0. The van der Waals surface area contributed by atoms with Gasteiger partial charge in [-0.2, -0.15) is 13.2 Å². The van der Waals surface area contributed by atoms with Gasteiger partial charge in [0.25, 0.3) is 0 Å². The molecule has 2 fully saturated rings. The lowest BCUT2D eigenvalue weighted by Crippen LogP contribution is -2.57. The summed E-state index contributed by atoms with van der Waals surface area (Å²) in [5, 5.41) is 2.26. The quantitative estimate of drug-likeness (QED) is 0.747. The molecule has 2 aliphatic rings. The van der Waals surface area contributed by atoms with Crippen molar-refractivity contribution in [2.75, 3.05) is 6.54 Å². The summed E-state index contributed by atoms with van der Waals surface area (Å²) < 4.78 is 42.1. The van der Waals surface area contributed by atoms with Gasteiger partial charge in [0.15, 0.2) is 6.10 Å². The van der Waals surface area contributed by atoms with Crippen LogP contribution in [-0.4, -0.2) is 54.1 Å². The Balaban J connectivity index is 2.12. The summed E-state index contributed by atoms with van der Waals surface area (Å²) in [6, 6.07) is -1.71. The van der Waals surface area contributed by atoms with Gasteiger partial charge in [0.1, 0.15) is 12.3 Å². The number of halogens is 3. The van der Waals surface area contributed by atoms with Crippen LogP contribution in [0.15, 0.2) is 0 Å². The van der Waals surface area contributed by atoms with Crippen molar-refractivity contribution >= 4 is 18.3 Å². The summed E-state index contributed by atoms with van der Waals surface area (Å²) in [6.07, 6.45) is -7.57. The van der Waals surface area contributed by atoms with Crippen LogP contribution < -0.4 is 5.32 Å².